The minimum atomic E-state index is -0.107. The normalized spacial score (nSPS) is 21.0. The zero-order valence-corrected chi connectivity index (χ0v) is 14.6. The Hall–Kier alpha value is -3.22. The van der Waals surface area contributed by atoms with Crippen LogP contribution in [0.3, 0.4) is 0 Å². The van der Waals surface area contributed by atoms with Crippen LogP contribution in [-0.2, 0) is 6.54 Å². The Morgan fingerprint density at radius 1 is 1.15 bits per heavy atom. The number of carbonyl (C=O) groups is 1. The van der Waals surface area contributed by atoms with Gasteiger partial charge in [0.1, 0.15) is 11.5 Å². The fourth-order valence-corrected chi connectivity index (χ4v) is 4.39. The first kappa shape index (κ1) is 16.0. The molecule has 3 aromatic rings. The molecule has 5 rings (SSSR count). The molecule has 3 aromatic heterocycles. The largest absolute Gasteiger partial charge is 0.464 e. The SMILES string of the molecule is O=C(c1cnccn1)N1C[C@@H]2C[C@H](C1)c1c(-c3ccco3)ccc(=O)n1C2. The lowest BCUT2D eigenvalue weighted by molar-refractivity contribution is 0.0589. The summed E-state index contributed by atoms with van der Waals surface area (Å²) in [6.07, 6.45) is 7.18. The number of carbonyl (C=O) groups excluding carboxylic acids is 1. The molecule has 136 valence electrons. The van der Waals surface area contributed by atoms with Crippen LogP contribution in [0.15, 0.2) is 58.3 Å². The number of hydrogen-bond donors (Lipinski definition) is 0. The number of furan rings is 1. The number of rotatable bonds is 2. The van der Waals surface area contributed by atoms with E-state index in [0.717, 1.165) is 23.4 Å². The molecule has 1 fully saturated rings. The van der Waals surface area contributed by atoms with Gasteiger partial charge in [-0.3, -0.25) is 14.6 Å². The molecule has 0 aromatic carbocycles. The number of nitrogens with zero attached hydrogens (tertiary/aromatic N) is 4. The van der Waals surface area contributed by atoms with Crippen LogP contribution in [0, 0.1) is 5.92 Å². The standard InChI is InChI=1S/C20H18N4O3/c25-18-4-3-15(17-2-1-7-27-17)19-14-8-13(11-24(18)19)10-23(12-14)20(26)16-9-21-5-6-22-16/h1-7,9,13-14H,8,10-12H2/t13-,14+/m0/s1. The van der Waals surface area contributed by atoms with Gasteiger partial charge in [0.15, 0.2) is 0 Å². The summed E-state index contributed by atoms with van der Waals surface area (Å²) in [4.78, 5) is 35.3. The third kappa shape index (κ3) is 2.66. The highest BCUT2D eigenvalue weighted by Gasteiger charge is 2.38. The Kier molecular flexibility index (Phi) is 3.67. The third-order valence-corrected chi connectivity index (χ3v) is 5.45. The van der Waals surface area contributed by atoms with Crippen molar-refractivity contribution in [1.29, 1.82) is 0 Å². The molecule has 2 bridgehead atoms. The molecule has 1 saturated heterocycles. The minimum Gasteiger partial charge on any atom is -0.464 e. The van der Waals surface area contributed by atoms with E-state index < -0.39 is 0 Å². The Bertz CT molecular complexity index is 1040. The van der Waals surface area contributed by atoms with Gasteiger partial charge in [-0.15, -0.1) is 0 Å². The number of likely N-dealkylation sites (tertiary alicyclic amines) is 1. The lowest BCUT2D eigenvalue weighted by Gasteiger charge is -2.43. The molecule has 0 spiro atoms. The van der Waals surface area contributed by atoms with Crippen molar-refractivity contribution in [3.05, 3.63) is 70.9 Å². The van der Waals surface area contributed by atoms with Crippen molar-refractivity contribution in [3.63, 3.8) is 0 Å². The molecular weight excluding hydrogens is 344 g/mol. The smallest absolute Gasteiger partial charge is 0.274 e. The van der Waals surface area contributed by atoms with Crippen molar-refractivity contribution in [2.75, 3.05) is 13.1 Å². The summed E-state index contributed by atoms with van der Waals surface area (Å²) in [6.45, 7) is 1.80. The average molecular weight is 362 g/mol. The Morgan fingerprint density at radius 2 is 2.07 bits per heavy atom. The van der Waals surface area contributed by atoms with E-state index >= 15 is 0 Å². The highest BCUT2D eigenvalue weighted by molar-refractivity contribution is 5.92. The second-order valence-electron chi connectivity index (χ2n) is 7.16. The maximum absolute atomic E-state index is 12.9. The molecule has 0 aliphatic carbocycles. The molecule has 2 atom stereocenters. The van der Waals surface area contributed by atoms with Gasteiger partial charge in [-0.25, -0.2) is 4.98 Å². The predicted octanol–water partition coefficient (Wildman–Crippen LogP) is 2.16. The van der Waals surface area contributed by atoms with Crippen molar-refractivity contribution in [2.45, 2.75) is 18.9 Å². The number of fused-ring (bicyclic) bond motifs is 4. The lowest BCUT2D eigenvalue weighted by atomic mass is 9.81. The Balaban J connectivity index is 1.54. The number of aromatic nitrogens is 3. The molecule has 0 radical (unpaired) electrons. The van der Waals surface area contributed by atoms with E-state index in [2.05, 4.69) is 9.97 Å². The molecule has 0 saturated carbocycles. The van der Waals surface area contributed by atoms with Crippen LogP contribution in [0.4, 0.5) is 0 Å². The van der Waals surface area contributed by atoms with Crippen molar-refractivity contribution >= 4 is 5.91 Å². The summed E-state index contributed by atoms with van der Waals surface area (Å²) in [7, 11) is 0. The van der Waals surface area contributed by atoms with Gasteiger partial charge in [0.2, 0.25) is 0 Å². The first-order chi connectivity index (χ1) is 13.2. The number of hydrogen-bond acceptors (Lipinski definition) is 5. The van der Waals surface area contributed by atoms with Gasteiger partial charge >= 0.3 is 0 Å². The van der Waals surface area contributed by atoms with E-state index in [1.165, 1.54) is 12.4 Å². The van der Waals surface area contributed by atoms with Gasteiger partial charge < -0.3 is 13.9 Å². The fraction of sp³-hybridized carbons (Fsp3) is 0.300. The van der Waals surface area contributed by atoms with E-state index in [0.29, 0.717) is 25.3 Å². The zero-order chi connectivity index (χ0) is 18.4. The summed E-state index contributed by atoms with van der Waals surface area (Å²) in [5.74, 6) is 0.979. The zero-order valence-electron chi connectivity index (χ0n) is 14.6. The second-order valence-corrected chi connectivity index (χ2v) is 7.16. The van der Waals surface area contributed by atoms with Crippen LogP contribution in [0.1, 0.15) is 28.5 Å². The molecule has 0 unspecified atom stereocenters. The first-order valence-corrected chi connectivity index (χ1v) is 9.03. The van der Waals surface area contributed by atoms with Crippen molar-refractivity contribution < 1.29 is 9.21 Å². The molecule has 7 heteroatoms. The van der Waals surface area contributed by atoms with Crippen molar-refractivity contribution in [2.24, 2.45) is 5.92 Å². The molecule has 0 N–H and O–H groups in total. The number of pyridine rings is 1. The molecule has 2 aliphatic heterocycles. The predicted molar refractivity (Wildman–Crippen MR) is 97.2 cm³/mol. The lowest BCUT2D eigenvalue weighted by Crippen LogP contribution is -2.49. The molecule has 5 heterocycles. The molecule has 7 nitrogen and oxygen atoms in total. The summed E-state index contributed by atoms with van der Waals surface area (Å²) in [5.41, 5.74) is 2.25. The minimum absolute atomic E-state index is 0.00343. The van der Waals surface area contributed by atoms with Crippen LogP contribution in [0.2, 0.25) is 0 Å². The Morgan fingerprint density at radius 3 is 2.85 bits per heavy atom. The van der Waals surface area contributed by atoms with Crippen LogP contribution < -0.4 is 5.56 Å². The van der Waals surface area contributed by atoms with Gasteiger partial charge in [-0.05, 0) is 30.5 Å². The highest BCUT2D eigenvalue weighted by Crippen LogP contribution is 2.40. The maximum Gasteiger partial charge on any atom is 0.274 e. The van der Waals surface area contributed by atoms with Crippen LogP contribution in [-0.4, -0.2) is 38.4 Å². The van der Waals surface area contributed by atoms with Crippen LogP contribution in [0.5, 0.6) is 0 Å². The molecular formula is C20H18N4O3. The van der Waals surface area contributed by atoms with E-state index in [-0.39, 0.29) is 23.3 Å². The fourth-order valence-electron chi connectivity index (χ4n) is 4.39. The monoisotopic (exact) mass is 362 g/mol. The van der Waals surface area contributed by atoms with E-state index in [9.17, 15) is 9.59 Å². The van der Waals surface area contributed by atoms with Gasteiger partial charge in [0.25, 0.3) is 11.5 Å². The molecule has 27 heavy (non-hydrogen) atoms. The summed E-state index contributed by atoms with van der Waals surface area (Å²) in [6, 6.07) is 7.17. The van der Waals surface area contributed by atoms with Crippen molar-refractivity contribution in [3.8, 4) is 11.3 Å². The van der Waals surface area contributed by atoms with Crippen molar-refractivity contribution in [1.82, 2.24) is 19.4 Å². The van der Waals surface area contributed by atoms with Gasteiger partial charge in [-0.1, -0.05) is 0 Å². The maximum atomic E-state index is 12.9. The first-order valence-electron chi connectivity index (χ1n) is 9.03. The summed E-state index contributed by atoms with van der Waals surface area (Å²) in [5, 5.41) is 0. The quantitative estimate of drug-likeness (QED) is 0.698. The van der Waals surface area contributed by atoms with Crippen LogP contribution in [0.25, 0.3) is 11.3 Å². The Labute approximate surface area is 155 Å². The van der Waals surface area contributed by atoms with Gasteiger partial charge in [0.05, 0.1) is 12.5 Å². The molecule has 2 aliphatic rings. The van der Waals surface area contributed by atoms with Crippen LogP contribution >= 0.6 is 0 Å². The van der Waals surface area contributed by atoms with Gasteiger partial charge in [-0.2, -0.15) is 0 Å². The number of piperidine rings is 1. The number of amides is 1. The molecule has 1 amide bonds. The van der Waals surface area contributed by atoms with E-state index in [1.54, 1.807) is 18.5 Å². The third-order valence-electron chi connectivity index (χ3n) is 5.45. The van der Waals surface area contributed by atoms with Gasteiger partial charge in [0, 0.05) is 55.3 Å². The highest BCUT2D eigenvalue weighted by atomic mass is 16.3. The van der Waals surface area contributed by atoms with E-state index in [4.69, 9.17) is 4.42 Å². The summed E-state index contributed by atoms with van der Waals surface area (Å²) >= 11 is 0. The van der Waals surface area contributed by atoms with E-state index in [1.807, 2.05) is 27.7 Å². The topological polar surface area (TPSA) is 81.2 Å². The summed E-state index contributed by atoms with van der Waals surface area (Å²) < 4.78 is 7.45. The average Bonchev–Trinajstić information content (AvgIpc) is 3.23. The second kappa shape index (κ2) is 6.19.